The maximum absolute atomic E-state index is 10.6. The standard InChI is InChI=1S/C14H13BrN2O4/c1-2-13-16-12(17-21-13)8-20-11-5-4-10(15)7-9(11)3-6-14(18)19/h3-7H,2,8H2,1H3,(H,18,19). The van der Waals surface area contributed by atoms with Gasteiger partial charge in [0.25, 0.3) is 0 Å². The van der Waals surface area contributed by atoms with E-state index in [0.717, 1.165) is 10.5 Å². The highest BCUT2D eigenvalue weighted by Crippen LogP contribution is 2.25. The van der Waals surface area contributed by atoms with Crippen LogP contribution in [0.2, 0.25) is 0 Å². The number of nitrogens with zero attached hydrogens (tertiary/aromatic N) is 2. The van der Waals surface area contributed by atoms with E-state index in [2.05, 4.69) is 26.1 Å². The lowest BCUT2D eigenvalue weighted by Crippen LogP contribution is -1.99. The molecule has 0 spiro atoms. The Labute approximate surface area is 129 Å². The summed E-state index contributed by atoms with van der Waals surface area (Å²) in [5, 5.41) is 12.5. The molecule has 0 saturated carbocycles. The summed E-state index contributed by atoms with van der Waals surface area (Å²) >= 11 is 3.34. The number of rotatable bonds is 6. The van der Waals surface area contributed by atoms with Crippen LogP contribution in [0.1, 0.15) is 24.2 Å². The quantitative estimate of drug-likeness (QED) is 0.804. The molecule has 1 N–H and O–H groups in total. The molecule has 0 atom stereocenters. The first kappa shape index (κ1) is 15.2. The Hall–Kier alpha value is -2.15. The van der Waals surface area contributed by atoms with Crippen molar-refractivity contribution in [2.45, 2.75) is 20.0 Å². The molecule has 0 fully saturated rings. The van der Waals surface area contributed by atoms with Gasteiger partial charge in [-0.2, -0.15) is 4.98 Å². The molecule has 0 aliphatic rings. The van der Waals surface area contributed by atoms with Gasteiger partial charge in [-0.1, -0.05) is 28.0 Å². The van der Waals surface area contributed by atoms with Gasteiger partial charge in [-0.05, 0) is 24.3 Å². The highest BCUT2D eigenvalue weighted by Gasteiger charge is 2.07. The fraction of sp³-hybridized carbons (Fsp3) is 0.214. The van der Waals surface area contributed by atoms with Gasteiger partial charge in [0.2, 0.25) is 11.7 Å². The molecule has 2 aromatic rings. The van der Waals surface area contributed by atoms with Gasteiger partial charge >= 0.3 is 5.97 Å². The molecule has 0 unspecified atom stereocenters. The predicted molar refractivity (Wildman–Crippen MR) is 78.8 cm³/mol. The largest absolute Gasteiger partial charge is 0.485 e. The Morgan fingerprint density at radius 2 is 2.33 bits per heavy atom. The van der Waals surface area contributed by atoms with E-state index in [1.165, 1.54) is 6.08 Å². The molecule has 7 heteroatoms. The van der Waals surface area contributed by atoms with Crippen molar-refractivity contribution in [2.75, 3.05) is 0 Å². The molecule has 0 aliphatic carbocycles. The Balaban J connectivity index is 2.13. The van der Waals surface area contributed by atoms with Crippen molar-refractivity contribution in [3.8, 4) is 5.75 Å². The highest BCUT2D eigenvalue weighted by atomic mass is 79.9. The average Bonchev–Trinajstić information content (AvgIpc) is 2.92. The van der Waals surface area contributed by atoms with Crippen molar-refractivity contribution in [1.82, 2.24) is 10.1 Å². The van der Waals surface area contributed by atoms with Crippen LogP contribution in [-0.2, 0) is 17.8 Å². The number of carbonyl (C=O) groups is 1. The Morgan fingerprint density at radius 3 is 3.00 bits per heavy atom. The van der Waals surface area contributed by atoms with Crippen LogP contribution in [0.4, 0.5) is 0 Å². The summed E-state index contributed by atoms with van der Waals surface area (Å²) in [7, 11) is 0. The van der Waals surface area contributed by atoms with Crippen LogP contribution in [0.3, 0.4) is 0 Å². The summed E-state index contributed by atoms with van der Waals surface area (Å²) in [4.78, 5) is 14.8. The van der Waals surface area contributed by atoms with E-state index in [1.807, 2.05) is 6.92 Å². The van der Waals surface area contributed by atoms with E-state index in [0.29, 0.717) is 29.4 Å². The first-order valence-electron chi connectivity index (χ1n) is 6.23. The molecule has 1 aromatic carbocycles. The summed E-state index contributed by atoms with van der Waals surface area (Å²) < 4.78 is 11.4. The van der Waals surface area contributed by atoms with Crippen molar-refractivity contribution in [3.63, 3.8) is 0 Å². The molecule has 2 rings (SSSR count). The van der Waals surface area contributed by atoms with E-state index in [-0.39, 0.29) is 6.61 Å². The lowest BCUT2D eigenvalue weighted by atomic mass is 10.2. The maximum Gasteiger partial charge on any atom is 0.328 e. The summed E-state index contributed by atoms with van der Waals surface area (Å²) in [6, 6.07) is 5.32. The van der Waals surface area contributed by atoms with E-state index in [4.69, 9.17) is 14.4 Å². The maximum atomic E-state index is 10.6. The second-order valence-corrected chi connectivity index (χ2v) is 5.02. The van der Waals surface area contributed by atoms with Crippen LogP contribution in [0.25, 0.3) is 6.08 Å². The molecule has 6 nitrogen and oxygen atoms in total. The molecule has 1 heterocycles. The monoisotopic (exact) mass is 352 g/mol. The number of aryl methyl sites for hydroxylation is 1. The van der Waals surface area contributed by atoms with Gasteiger partial charge in [-0.3, -0.25) is 0 Å². The zero-order chi connectivity index (χ0) is 15.2. The van der Waals surface area contributed by atoms with Gasteiger partial charge in [-0.15, -0.1) is 0 Å². The Bertz CT molecular complexity index is 667. The highest BCUT2D eigenvalue weighted by molar-refractivity contribution is 9.10. The zero-order valence-electron chi connectivity index (χ0n) is 11.2. The zero-order valence-corrected chi connectivity index (χ0v) is 12.8. The minimum Gasteiger partial charge on any atom is -0.485 e. The van der Waals surface area contributed by atoms with Gasteiger partial charge in [0.1, 0.15) is 5.75 Å². The number of carboxylic acids is 1. The predicted octanol–water partition coefficient (Wildman–Crippen LogP) is 3.07. The molecule has 0 amide bonds. The molecule has 0 saturated heterocycles. The minimum atomic E-state index is -1.02. The molecular weight excluding hydrogens is 340 g/mol. The van der Waals surface area contributed by atoms with Crippen molar-refractivity contribution in [3.05, 3.63) is 46.0 Å². The van der Waals surface area contributed by atoms with E-state index < -0.39 is 5.97 Å². The van der Waals surface area contributed by atoms with Crippen LogP contribution in [-0.4, -0.2) is 21.2 Å². The fourth-order valence-corrected chi connectivity index (χ4v) is 1.96. The molecule has 0 radical (unpaired) electrons. The molecule has 21 heavy (non-hydrogen) atoms. The van der Waals surface area contributed by atoms with Crippen molar-refractivity contribution in [2.24, 2.45) is 0 Å². The smallest absolute Gasteiger partial charge is 0.328 e. The van der Waals surface area contributed by atoms with E-state index in [1.54, 1.807) is 18.2 Å². The van der Waals surface area contributed by atoms with Crippen LogP contribution in [0.15, 0.2) is 33.3 Å². The number of aliphatic carboxylic acids is 1. The number of hydrogen-bond donors (Lipinski definition) is 1. The summed E-state index contributed by atoms with van der Waals surface area (Å²) in [6.07, 6.45) is 3.19. The average molecular weight is 353 g/mol. The first-order valence-corrected chi connectivity index (χ1v) is 7.02. The number of ether oxygens (including phenoxy) is 1. The van der Waals surface area contributed by atoms with Crippen molar-refractivity contribution >= 4 is 28.0 Å². The van der Waals surface area contributed by atoms with Crippen LogP contribution in [0.5, 0.6) is 5.75 Å². The molecule has 110 valence electrons. The van der Waals surface area contributed by atoms with Gasteiger partial charge < -0.3 is 14.4 Å². The summed E-state index contributed by atoms with van der Waals surface area (Å²) in [6.45, 7) is 2.07. The van der Waals surface area contributed by atoms with Gasteiger partial charge in [0, 0.05) is 22.5 Å². The third-order valence-corrected chi connectivity index (χ3v) is 3.04. The van der Waals surface area contributed by atoms with Crippen LogP contribution < -0.4 is 4.74 Å². The molecule has 0 bridgehead atoms. The van der Waals surface area contributed by atoms with Gasteiger partial charge in [0.05, 0.1) is 0 Å². The van der Waals surface area contributed by atoms with Crippen molar-refractivity contribution < 1.29 is 19.2 Å². The number of benzene rings is 1. The van der Waals surface area contributed by atoms with E-state index >= 15 is 0 Å². The number of aromatic nitrogens is 2. The second kappa shape index (κ2) is 7.03. The lowest BCUT2D eigenvalue weighted by Gasteiger charge is -2.07. The number of halogens is 1. The lowest BCUT2D eigenvalue weighted by molar-refractivity contribution is -0.131. The second-order valence-electron chi connectivity index (χ2n) is 4.10. The normalized spacial score (nSPS) is 11.0. The molecule has 0 aliphatic heterocycles. The topological polar surface area (TPSA) is 85.5 Å². The Kier molecular flexibility index (Phi) is 5.10. The Morgan fingerprint density at radius 1 is 1.52 bits per heavy atom. The first-order chi connectivity index (χ1) is 10.1. The minimum absolute atomic E-state index is 0.152. The summed E-state index contributed by atoms with van der Waals surface area (Å²) in [5.74, 6) is 0.517. The van der Waals surface area contributed by atoms with E-state index in [9.17, 15) is 4.79 Å². The van der Waals surface area contributed by atoms with Gasteiger partial charge in [0.15, 0.2) is 6.61 Å². The third kappa shape index (κ3) is 4.42. The van der Waals surface area contributed by atoms with Gasteiger partial charge in [-0.25, -0.2) is 4.79 Å². The number of hydrogen-bond acceptors (Lipinski definition) is 5. The fourth-order valence-electron chi connectivity index (χ4n) is 1.58. The molecular formula is C14H13BrN2O4. The molecule has 1 aromatic heterocycles. The van der Waals surface area contributed by atoms with Crippen LogP contribution in [0, 0.1) is 0 Å². The van der Waals surface area contributed by atoms with Crippen molar-refractivity contribution in [1.29, 1.82) is 0 Å². The summed E-state index contributed by atoms with van der Waals surface area (Å²) in [5.41, 5.74) is 0.644. The third-order valence-electron chi connectivity index (χ3n) is 2.55. The number of carboxylic acid groups (broad SMARTS) is 1. The SMILES string of the molecule is CCc1nc(COc2ccc(Br)cc2C=CC(=O)O)no1. The van der Waals surface area contributed by atoms with Crippen LogP contribution >= 0.6 is 15.9 Å².